The van der Waals surface area contributed by atoms with Crippen molar-refractivity contribution < 1.29 is 30.0 Å². The Labute approximate surface area is 132 Å². The van der Waals surface area contributed by atoms with Crippen LogP contribution in [0.4, 0.5) is 0 Å². The lowest BCUT2D eigenvalue weighted by Gasteiger charge is -2.43. The van der Waals surface area contributed by atoms with Crippen molar-refractivity contribution >= 4 is 11.6 Å². The van der Waals surface area contributed by atoms with E-state index in [0.29, 0.717) is 11.1 Å². The Morgan fingerprint density at radius 1 is 0.913 bits per heavy atom. The van der Waals surface area contributed by atoms with E-state index in [1.807, 2.05) is 0 Å². The van der Waals surface area contributed by atoms with Gasteiger partial charge in [-0.05, 0) is 32.8 Å². The predicted octanol–water partition coefficient (Wildman–Crippen LogP) is 1.51. The Hall–Kier alpha value is -2.34. The molecule has 122 valence electrons. The molecule has 2 aliphatic rings. The van der Waals surface area contributed by atoms with Gasteiger partial charge in [0, 0.05) is 22.1 Å². The van der Waals surface area contributed by atoms with Gasteiger partial charge >= 0.3 is 0 Å². The van der Waals surface area contributed by atoms with Gasteiger partial charge in [-0.2, -0.15) is 0 Å². The number of aliphatic hydroxyl groups is 1. The van der Waals surface area contributed by atoms with E-state index in [0.717, 1.165) is 0 Å². The van der Waals surface area contributed by atoms with E-state index >= 15 is 0 Å². The van der Waals surface area contributed by atoms with E-state index in [4.69, 9.17) is 0 Å². The average molecular weight is 318 g/mol. The van der Waals surface area contributed by atoms with Crippen molar-refractivity contribution in [3.05, 3.63) is 27.8 Å². The molecule has 0 aromatic heterocycles. The molecule has 0 radical (unpaired) electrons. The summed E-state index contributed by atoms with van der Waals surface area (Å²) in [6.07, 6.45) is 0. The molecule has 3 rings (SSSR count). The molecule has 0 amide bonds. The Morgan fingerprint density at radius 2 is 1.48 bits per heavy atom. The number of benzene rings is 1. The van der Waals surface area contributed by atoms with Gasteiger partial charge in [0.15, 0.2) is 22.9 Å². The summed E-state index contributed by atoms with van der Waals surface area (Å²) in [5.41, 5.74) is -2.49. The van der Waals surface area contributed by atoms with Crippen molar-refractivity contribution in [3.8, 4) is 17.2 Å². The monoisotopic (exact) mass is 318 g/mol. The van der Waals surface area contributed by atoms with Crippen LogP contribution >= 0.6 is 0 Å². The first-order valence-electron chi connectivity index (χ1n) is 7.26. The maximum Gasteiger partial charge on any atom is 0.204 e. The maximum absolute atomic E-state index is 13.0. The molecule has 6 heteroatoms. The normalized spacial score (nSPS) is 29.8. The average Bonchev–Trinajstić information content (AvgIpc) is 2.64. The van der Waals surface area contributed by atoms with Crippen molar-refractivity contribution in [2.45, 2.75) is 39.7 Å². The number of hydrogen-bond acceptors (Lipinski definition) is 6. The summed E-state index contributed by atoms with van der Waals surface area (Å²) in [6.45, 7) is 6.21. The number of carbonyl (C=O) groups excluding carboxylic acids is 2. The van der Waals surface area contributed by atoms with Crippen LogP contribution in [-0.4, -0.2) is 37.6 Å². The highest BCUT2D eigenvalue weighted by Gasteiger charge is 2.66. The van der Waals surface area contributed by atoms with E-state index in [-0.39, 0.29) is 23.1 Å². The molecule has 0 heterocycles. The van der Waals surface area contributed by atoms with Crippen LogP contribution < -0.4 is 0 Å². The minimum absolute atomic E-state index is 0. The van der Waals surface area contributed by atoms with Crippen molar-refractivity contribution in [1.29, 1.82) is 0 Å². The molecule has 0 saturated carbocycles. The van der Waals surface area contributed by atoms with Crippen molar-refractivity contribution in [2.75, 3.05) is 0 Å². The van der Waals surface area contributed by atoms with Gasteiger partial charge in [-0.15, -0.1) is 0 Å². The minimum atomic E-state index is -2.26. The summed E-state index contributed by atoms with van der Waals surface area (Å²) in [5.74, 6) is -3.44. The first kappa shape index (κ1) is 15.6. The van der Waals surface area contributed by atoms with Crippen LogP contribution in [0.25, 0.3) is 0 Å². The van der Waals surface area contributed by atoms with Gasteiger partial charge < -0.3 is 20.4 Å². The molecule has 0 aliphatic heterocycles. The van der Waals surface area contributed by atoms with Crippen molar-refractivity contribution in [2.24, 2.45) is 5.41 Å². The molecule has 0 bridgehead atoms. The van der Waals surface area contributed by atoms with Gasteiger partial charge in [0.1, 0.15) is 0 Å². The van der Waals surface area contributed by atoms with Crippen LogP contribution in [0.15, 0.2) is 11.1 Å². The zero-order valence-corrected chi connectivity index (χ0v) is 13.3. The van der Waals surface area contributed by atoms with Gasteiger partial charge in [-0.3, -0.25) is 9.59 Å². The smallest absolute Gasteiger partial charge is 0.204 e. The topological polar surface area (TPSA) is 115 Å². The van der Waals surface area contributed by atoms with E-state index < -0.39 is 39.8 Å². The summed E-state index contributed by atoms with van der Waals surface area (Å²) in [7, 11) is 0. The first-order chi connectivity index (χ1) is 10.5. The number of aromatic hydroxyl groups is 3. The highest BCUT2D eigenvalue weighted by molar-refractivity contribution is 6.27. The summed E-state index contributed by atoms with van der Waals surface area (Å²) < 4.78 is 0. The SMILES string of the molecule is CC1=C(C)[C@]2(C)Cc3c(O)c(O)c(O)c(C)c3C(=O)[C@@]2(O)C1=O. The van der Waals surface area contributed by atoms with Crippen molar-refractivity contribution in [1.82, 2.24) is 0 Å². The molecular formula is C17H18O6. The molecule has 4 N–H and O–H groups in total. The number of fused-ring (bicyclic) bond motifs is 2. The van der Waals surface area contributed by atoms with E-state index in [1.54, 1.807) is 20.8 Å². The van der Waals surface area contributed by atoms with Gasteiger partial charge in [0.2, 0.25) is 11.5 Å². The van der Waals surface area contributed by atoms with Crippen LogP contribution in [0.1, 0.15) is 42.3 Å². The fourth-order valence-corrected chi connectivity index (χ4v) is 3.90. The molecule has 6 nitrogen and oxygen atoms in total. The van der Waals surface area contributed by atoms with Crippen molar-refractivity contribution in [3.63, 3.8) is 0 Å². The zero-order valence-electron chi connectivity index (χ0n) is 13.3. The minimum Gasteiger partial charge on any atom is -0.504 e. The second kappa shape index (κ2) is 4.14. The third-order valence-corrected chi connectivity index (χ3v) is 5.71. The van der Waals surface area contributed by atoms with Gasteiger partial charge in [0.25, 0.3) is 0 Å². The number of phenols is 3. The fourth-order valence-electron chi connectivity index (χ4n) is 3.90. The number of ketones is 2. The molecule has 0 saturated heterocycles. The number of carbonyl (C=O) groups is 2. The molecule has 0 spiro atoms. The molecule has 0 unspecified atom stereocenters. The predicted molar refractivity (Wildman–Crippen MR) is 80.6 cm³/mol. The quantitative estimate of drug-likeness (QED) is 0.426. The maximum atomic E-state index is 13.0. The Bertz CT molecular complexity index is 834. The van der Waals surface area contributed by atoms with E-state index in [2.05, 4.69) is 0 Å². The van der Waals surface area contributed by atoms with Gasteiger partial charge in [0.05, 0.1) is 0 Å². The Balaban J connectivity index is 2.42. The second-order valence-electron chi connectivity index (χ2n) is 6.65. The molecule has 23 heavy (non-hydrogen) atoms. The van der Waals surface area contributed by atoms with Crippen LogP contribution in [0.3, 0.4) is 0 Å². The largest absolute Gasteiger partial charge is 0.504 e. The standard InChI is InChI=1S/C17H18O6/c1-6-8(3)16(4)5-9-10(15(22)17(16,23)14(6)21)7(2)11(18)13(20)12(9)19/h18-20,23H,5H2,1-4H3/t16-,17-/m0/s1. The number of hydrogen-bond donors (Lipinski definition) is 4. The summed E-state index contributed by atoms with van der Waals surface area (Å²) in [4.78, 5) is 25.5. The van der Waals surface area contributed by atoms with Gasteiger partial charge in [-0.1, -0.05) is 12.5 Å². The third kappa shape index (κ3) is 1.42. The molecule has 1 aromatic rings. The second-order valence-corrected chi connectivity index (χ2v) is 6.65. The van der Waals surface area contributed by atoms with E-state index in [1.165, 1.54) is 6.92 Å². The number of rotatable bonds is 0. The lowest BCUT2D eigenvalue weighted by molar-refractivity contribution is -0.134. The van der Waals surface area contributed by atoms with Crippen LogP contribution in [0.5, 0.6) is 17.2 Å². The molecule has 2 atom stereocenters. The number of phenolic OH excluding ortho intramolecular Hbond substituents is 3. The van der Waals surface area contributed by atoms with Crippen LogP contribution in [0.2, 0.25) is 0 Å². The summed E-state index contributed by atoms with van der Waals surface area (Å²) >= 11 is 0. The lowest BCUT2D eigenvalue weighted by atomic mass is 9.60. The highest BCUT2D eigenvalue weighted by Crippen LogP contribution is 2.58. The van der Waals surface area contributed by atoms with E-state index in [9.17, 15) is 30.0 Å². The first-order valence-corrected chi connectivity index (χ1v) is 7.26. The zero-order chi connectivity index (χ0) is 17.5. The van der Waals surface area contributed by atoms with Crippen LogP contribution in [0, 0.1) is 12.3 Å². The Morgan fingerprint density at radius 3 is 2.04 bits per heavy atom. The number of Topliss-reactive ketones (excluding diaryl/α,β-unsaturated/α-hetero) is 2. The molecule has 2 aliphatic carbocycles. The highest BCUT2D eigenvalue weighted by atomic mass is 16.3. The summed E-state index contributed by atoms with van der Waals surface area (Å²) in [6, 6.07) is 0. The molecular weight excluding hydrogens is 300 g/mol. The van der Waals surface area contributed by atoms with Crippen LogP contribution in [-0.2, 0) is 11.2 Å². The molecule has 1 aromatic carbocycles. The van der Waals surface area contributed by atoms with Gasteiger partial charge in [-0.25, -0.2) is 0 Å². The Kier molecular flexibility index (Phi) is 2.80. The lowest BCUT2D eigenvalue weighted by Crippen LogP contribution is -2.59. The molecule has 0 fully saturated rings. The summed E-state index contributed by atoms with van der Waals surface area (Å²) in [5, 5.41) is 40.9. The third-order valence-electron chi connectivity index (χ3n) is 5.71. The fraction of sp³-hybridized carbons (Fsp3) is 0.412.